The summed E-state index contributed by atoms with van der Waals surface area (Å²) in [6, 6.07) is 0. The first-order chi connectivity index (χ1) is 5.13. The zero-order valence-electron chi connectivity index (χ0n) is 6.30. The molecule has 0 bridgehead atoms. The van der Waals surface area contributed by atoms with Crippen LogP contribution in [0, 0.1) is 5.41 Å². The average Bonchev–Trinajstić information content (AvgIpc) is 2.32. The average molecular weight is 153 g/mol. The molecule has 0 spiro atoms. The summed E-state index contributed by atoms with van der Waals surface area (Å²) >= 11 is 0. The predicted octanol–water partition coefficient (Wildman–Crippen LogP) is 0.397. The Morgan fingerprint density at radius 2 is 2.36 bits per heavy atom. The number of amides is 1. The van der Waals surface area contributed by atoms with Crippen molar-refractivity contribution in [2.45, 2.75) is 19.3 Å². The van der Waals surface area contributed by atoms with Crippen molar-refractivity contribution in [2.75, 3.05) is 0 Å². The van der Waals surface area contributed by atoms with Gasteiger partial charge in [0.05, 0.1) is 0 Å². The minimum absolute atomic E-state index is 0.0833. The standard InChI is InChI=1S/C8H11NO2/c1-2-8(7(9)11)5-3-4-6(8)10/h2H,1,3-5H2,(H2,9,11). The van der Waals surface area contributed by atoms with Crippen LogP contribution in [0.5, 0.6) is 0 Å². The van der Waals surface area contributed by atoms with Gasteiger partial charge in [0.25, 0.3) is 0 Å². The van der Waals surface area contributed by atoms with E-state index in [9.17, 15) is 9.59 Å². The first kappa shape index (κ1) is 7.98. The zero-order chi connectivity index (χ0) is 8.48. The van der Waals surface area contributed by atoms with E-state index >= 15 is 0 Å². The normalized spacial score (nSPS) is 30.4. The Morgan fingerprint density at radius 1 is 1.73 bits per heavy atom. The molecule has 0 saturated heterocycles. The Balaban J connectivity index is 3.00. The summed E-state index contributed by atoms with van der Waals surface area (Å²) in [7, 11) is 0. The van der Waals surface area contributed by atoms with E-state index in [0.29, 0.717) is 12.8 Å². The van der Waals surface area contributed by atoms with E-state index in [4.69, 9.17) is 5.73 Å². The number of nitrogens with two attached hydrogens (primary N) is 1. The van der Waals surface area contributed by atoms with Crippen LogP contribution in [0.4, 0.5) is 0 Å². The van der Waals surface area contributed by atoms with Gasteiger partial charge in [0, 0.05) is 6.42 Å². The summed E-state index contributed by atoms with van der Waals surface area (Å²) in [4.78, 5) is 22.1. The monoisotopic (exact) mass is 153 g/mol. The Labute approximate surface area is 65.3 Å². The van der Waals surface area contributed by atoms with E-state index < -0.39 is 11.3 Å². The smallest absolute Gasteiger partial charge is 0.234 e. The van der Waals surface area contributed by atoms with Gasteiger partial charge in [-0.1, -0.05) is 6.08 Å². The summed E-state index contributed by atoms with van der Waals surface area (Å²) in [5.74, 6) is -0.644. The molecule has 0 aliphatic heterocycles. The van der Waals surface area contributed by atoms with Gasteiger partial charge in [-0.3, -0.25) is 9.59 Å². The van der Waals surface area contributed by atoms with Crippen molar-refractivity contribution in [2.24, 2.45) is 11.1 Å². The lowest BCUT2D eigenvalue weighted by Gasteiger charge is -2.17. The predicted molar refractivity (Wildman–Crippen MR) is 40.7 cm³/mol. The Hall–Kier alpha value is -1.12. The molecule has 0 aromatic carbocycles. The molecule has 1 amide bonds. The van der Waals surface area contributed by atoms with Gasteiger partial charge in [0.15, 0.2) is 5.78 Å². The van der Waals surface area contributed by atoms with Crippen molar-refractivity contribution in [1.29, 1.82) is 0 Å². The number of Topliss-reactive ketones (excluding diaryl/α,β-unsaturated/α-hetero) is 1. The number of hydrogen-bond donors (Lipinski definition) is 1. The lowest BCUT2D eigenvalue weighted by atomic mass is 9.85. The number of hydrogen-bond acceptors (Lipinski definition) is 2. The van der Waals surface area contributed by atoms with E-state index in [2.05, 4.69) is 6.58 Å². The molecule has 60 valence electrons. The van der Waals surface area contributed by atoms with E-state index in [-0.39, 0.29) is 5.78 Å². The second-order valence-corrected chi connectivity index (χ2v) is 2.82. The maximum Gasteiger partial charge on any atom is 0.234 e. The second-order valence-electron chi connectivity index (χ2n) is 2.82. The highest BCUT2D eigenvalue weighted by molar-refractivity contribution is 6.08. The van der Waals surface area contributed by atoms with Gasteiger partial charge < -0.3 is 5.73 Å². The van der Waals surface area contributed by atoms with Crippen molar-refractivity contribution in [3.63, 3.8) is 0 Å². The summed E-state index contributed by atoms with van der Waals surface area (Å²) in [5.41, 5.74) is 4.06. The van der Waals surface area contributed by atoms with Crippen LogP contribution in [0.3, 0.4) is 0 Å². The summed E-state index contributed by atoms with van der Waals surface area (Å²) in [5, 5.41) is 0. The molecule has 1 saturated carbocycles. The van der Waals surface area contributed by atoms with Gasteiger partial charge in [0.1, 0.15) is 5.41 Å². The third-order valence-corrected chi connectivity index (χ3v) is 2.26. The van der Waals surface area contributed by atoms with Crippen LogP contribution < -0.4 is 5.73 Å². The van der Waals surface area contributed by atoms with E-state index in [1.165, 1.54) is 6.08 Å². The molecular weight excluding hydrogens is 142 g/mol. The van der Waals surface area contributed by atoms with Crippen LogP contribution >= 0.6 is 0 Å². The van der Waals surface area contributed by atoms with Gasteiger partial charge in [-0.05, 0) is 12.8 Å². The number of carbonyl (C=O) groups excluding carboxylic acids is 2. The van der Waals surface area contributed by atoms with Crippen LogP contribution in [0.2, 0.25) is 0 Å². The molecule has 1 aliphatic carbocycles. The molecule has 1 rings (SSSR count). The molecule has 0 heterocycles. The molecule has 1 atom stereocenters. The molecule has 0 aromatic heterocycles. The number of primary amides is 1. The minimum atomic E-state index is -1.04. The Bertz CT molecular complexity index is 222. The van der Waals surface area contributed by atoms with Crippen molar-refractivity contribution in [1.82, 2.24) is 0 Å². The molecule has 3 heteroatoms. The third-order valence-electron chi connectivity index (χ3n) is 2.26. The summed E-state index contributed by atoms with van der Waals surface area (Å²) in [6.45, 7) is 3.46. The minimum Gasteiger partial charge on any atom is -0.369 e. The summed E-state index contributed by atoms with van der Waals surface area (Å²) in [6.07, 6.45) is 3.11. The fourth-order valence-electron chi connectivity index (χ4n) is 1.47. The second kappa shape index (κ2) is 2.49. The molecule has 11 heavy (non-hydrogen) atoms. The van der Waals surface area contributed by atoms with Crippen molar-refractivity contribution >= 4 is 11.7 Å². The first-order valence-electron chi connectivity index (χ1n) is 3.60. The quantitative estimate of drug-likeness (QED) is 0.461. The van der Waals surface area contributed by atoms with Crippen LogP contribution in [-0.2, 0) is 9.59 Å². The van der Waals surface area contributed by atoms with Crippen LogP contribution in [-0.4, -0.2) is 11.7 Å². The van der Waals surface area contributed by atoms with Crippen LogP contribution in [0.25, 0.3) is 0 Å². The number of carbonyl (C=O) groups is 2. The van der Waals surface area contributed by atoms with Crippen LogP contribution in [0.15, 0.2) is 12.7 Å². The van der Waals surface area contributed by atoms with Crippen LogP contribution in [0.1, 0.15) is 19.3 Å². The third kappa shape index (κ3) is 0.964. The molecule has 2 N–H and O–H groups in total. The molecule has 0 radical (unpaired) electrons. The van der Waals surface area contributed by atoms with Gasteiger partial charge in [-0.25, -0.2) is 0 Å². The fourth-order valence-corrected chi connectivity index (χ4v) is 1.47. The lowest BCUT2D eigenvalue weighted by molar-refractivity contribution is -0.134. The van der Waals surface area contributed by atoms with Gasteiger partial charge in [-0.2, -0.15) is 0 Å². The summed E-state index contributed by atoms with van der Waals surface area (Å²) < 4.78 is 0. The molecule has 1 fully saturated rings. The van der Waals surface area contributed by atoms with Crippen molar-refractivity contribution < 1.29 is 9.59 Å². The molecule has 3 nitrogen and oxygen atoms in total. The van der Waals surface area contributed by atoms with E-state index in [0.717, 1.165) is 6.42 Å². The topological polar surface area (TPSA) is 60.2 Å². The largest absolute Gasteiger partial charge is 0.369 e. The Kier molecular flexibility index (Phi) is 1.81. The molecule has 0 aromatic rings. The highest BCUT2D eigenvalue weighted by Gasteiger charge is 2.44. The highest BCUT2D eigenvalue weighted by atomic mass is 16.2. The highest BCUT2D eigenvalue weighted by Crippen LogP contribution is 2.35. The first-order valence-corrected chi connectivity index (χ1v) is 3.60. The number of ketones is 1. The van der Waals surface area contributed by atoms with Gasteiger partial charge in [-0.15, -0.1) is 6.58 Å². The molecule has 1 aliphatic rings. The van der Waals surface area contributed by atoms with E-state index in [1.807, 2.05) is 0 Å². The maximum absolute atomic E-state index is 11.2. The fraction of sp³-hybridized carbons (Fsp3) is 0.500. The van der Waals surface area contributed by atoms with Gasteiger partial charge >= 0.3 is 0 Å². The number of rotatable bonds is 2. The lowest BCUT2D eigenvalue weighted by Crippen LogP contribution is -2.38. The SMILES string of the molecule is C=CC1(C(N)=O)CCCC1=O. The van der Waals surface area contributed by atoms with Crippen molar-refractivity contribution in [3.8, 4) is 0 Å². The Morgan fingerprint density at radius 3 is 2.55 bits per heavy atom. The van der Waals surface area contributed by atoms with E-state index in [1.54, 1.807) is 0 Å². The zero-order valence-corrected chi connectivity index (χ0v) is 6.30. The van der Waals surface area contributed by atoms with Crippen molar-refractivity contribution in [3.05, 3.63) is 12.7 Å². The maximum atomic E-state index is 11.2. The van der Waals surface area contributed by atoms with Gasteiger partial charge in [0.2, 0.25) is 5.91 Å². The molecular formula is C8H11NO2. The molecule has 1 unspecified atom stereocenters.